The van der Waals surface area contributed by atoms with Gasteiger partial charge in [0.2, 0.25) is 0 Å². The molecule has 2 fully saturated rings. The first kappa shape index (κ1) is 13.1. The molecule has 1 atom stereocenters. The van der Waals surface area contributed by atoms with Crippen LogP contribution in [0, 0.1) is 0 Å². The van der Waals surface area contributed by atoms with Crippen LogP contribution >= 0.6 is 11.3 Å². The second kappa shape index (κ2) is 5.21. The van der Waals surface area contributed by atoms with Crippen LogP contribution in [-0.2, 0) is 0 Å². The topological polar surface area (TPSA) is 36.4 Å². The average molecular weight is 279 g/mol. The zero-order valence-corrected chi connectivity index (χ0v) is 12.4. The summed E-state index contributed by atoms with van der Waals surface area (Å²) in [6, 6.07) is 0.524. The van der Waals surface area contributed by atoms with E-state index in [1.54, 1.807) is 11.3 Å². The van der Waals surface area contributed by atoms with Gasteiger partial charge in [0.1, 0.15) is 0 Å². The fraction of sp³-hybridized carbons (Fsp3) is 0.714. The lowest BCUT2D eigenvalue weighted by atomic mass is 10.1. The summed E-state index contributed by atoms with van der Waals surface area (Å²) in [5.74, 6) is 0.549. The molecule has 3 rings (SSSR count). The third-order valence-electron chi connectivity index (χ3n) is 4.19. The van der Waals surface area contributed by atoms with E-state index in [0.717, 1.165) is 28.5 Å². The molecule has 0 spiro atoms. The number of nitrogens with zero attached hydrogens (tertiary/aromatic N) is 3. The predicted molar refractivity (Wildman–Crippen MR) is 78.4 cm³/mol. The number of aldehydes is 1. The summed E-state index contributed by atoms with van der Waals surface area (Å²) in [7, 11) is 4.29. The average Bonchev–Trinajstić information content (AvgIpc) is 3.17. The number of rotatable bonds is 4. The maximum atomic E-state index is 11.2. The van der Waals surface area contributed by atoms with Crippen molar-refractivity contribution in [3.63, 3.8) is 0 Å². The van der Waals surface area contributed by atoms with Crippen molar-refractivity contribution < 1.29 is 4.79 Å². The molecule has 0 bridgehead atoms. The second-order valence-corrected chi connectivity index (χ2v) is 6.82. The molecule has 1 aromatic heterocycles. The van der Waals surface area contributed by atoms with E-state index in [1.165, 1.54) is 32.2 Å². The number of aromatic nitrogens is 1. The molecular weight excluding hydrogens is 258 g/mol. The highest BCUT2D eigenvalue weighted by molar-refractivity contribution is 7.17. The number of carbonyl (C=O) groups excluding carboxylic acids is 1. The Balaban J connectivity index is 1.78. The van der Waals surface area contributed by atoms with Gasteiger partial charge in [-0.2, -0.15) is 0 Å². The molecular formula is C14H21N3OS. The highest BCUT2D eigenvalue weighted by Gasteiger charge is 2.31. The summed E-state index contributed by atoms with van der Waals surface area (Å²) < 4.78 is 0. The minimum absolute atomic E-state index is 0.524. The first-order valence-electron chi connectivity index (χ1n) is 7.06. The van der Waals surface area contributed by atoms with Gasteiger partial charge in [-0.05, 0) is 39.3 Å². The molecule has 1 saturated carbocycles. The summed E-state index contributed by atoms with van der Waals surface area (Å²) in [6.45, 7) is 2.28. The molecule has 1 unspecified atom stereocenters. The van der Waals surface area contributed by atoms with Gasteiger partial charge in [0.25, 0.3) is 0 Å². The van der Waals surface area contributed by atoms with Crippen molar-refractivity contribution in [3.8, 4) is 0 Å². The summed E-state index contributed by atoms with van der Waals surface area (Å²) in [5.41, 5.74) is 1.05. The molecule has 0 radical (unpaired) electrons. The molecule has 2 heterocycles. The van der Waals surface area contributed by atoms with E-state index in [-0.39, 0.29) is 0 Å². The molecule has 104 valence electrons. The first-order valence-corrected chi connectivity index (χ1v) is 7.88. The van der Waals surface area contributed by atoms with Gasteiger partial charge in [0.15, 0.2) is 11.4 Å². The van der Waals surface area contributed by atoms with Gasteiger partial charge in [0.05, 0.1) is 10.6 Å². The minimum atomic E-state index is 0.524. The Morgan fingerprint density at radius 2 is 2.21 bits per heavy atom. The van der Waals surface area contributed by atoms with E-state index in [4.69, 9.17) is 4.98 Å². The quantitative estimate of drug-likeness (QED) is 0.793. The molecule has 0 aromatic carbocycles. The van der Waals surface area contributed by atoms with Crippen molar-refractivity contribution in [2.24, 2.45) is 0 Å². The van der Waals surface area contributed by atoms with Crippen LogP contribution in [0.4, 0.5) is 5.13 Å². The molecule has 1 saturated heterocycles. The van der Waals surface area contributed by atoms with E-state index >= 15 is 0 Å². The molecule has 1 aliphatic heterocycles. The van der Waals surface area contributed by atoms with Gasteiger partial charge in [-0.15, -0.1) is 0 Å². The van der Waals surface area contributed by atoms with Crippen LogP contribution in [0.15, 0.2) is 0 Å². The largest absolute Gasteiger partial charge is 0.347 e. The lowest BCUT2D eigenvalue weighted by Gasteiger charge is -2.35. The minimum Gasteiger partial charge on any atom is -0.347 e. The maximum Gasteiger partial charge on any atom is 0.186 e. The van der Waals surface area contributed by atoms with Crippen molar-refractivity contribution in [1.82, 2.24) is 9.88 Å². The number of hydrogen-bond donors (Lipinski definition) is 0. The fourth-order valence-corrected chi connectivity index (χ4v) is 3.83. The molecule has 2 aliphatic rings. The molecule has 1 aliphatic carbocycles. The van der Waals surface area contributed by atoms with Gasteiger partial charge < -0.3 is 9.80 Å². The zero-order valence-electron chi connectivity index (χ0n) is 11.6. The van der Waals surface area contributed by atoms with E-state index in [0.29, 0.717) is 12.0 Å². The lowest BCUT2D eigenvalue weighted by molar-refractivity contribution is 0.112. The van der Waals surface area contributed by atoms with E-state index < -0.39 is 0 Å². The zero-order chi connectivity index (χ0) is 13.4. The van der Waals surface area contributed by atoms with Crippen molar-refractivity contribution in [2.45, 2.75) is 37.6 Å². The Morgan fingerprint density at radius 1 is 1.42 bits per heavy atom. The molecule has 0 N–H and O–H groups in total. The van der Waals surface area contributed by atoms with Crippen LogP contribution in [0.3, 0.4) is 0 Å². The standard InChI is InChI=1S/C14H21N3OS/c1-16-7-3-4-11(8-16)17(2)14-15-13(10-5-6-10)12(9-18)19-14/h9-11H,3-8H2,1-2H3. The van der Waals surface area contributed by atoms with Crippen LogP contribution in [0.25, 0.3) is 0 Å². The Labute approximate surface area is 118 Å². The smallest absolute Gasteiger partial charge is 0.186 e. The maximum absolute atomic E-state index is 11.2. The lowest BCUT2D eigenvalue weighted by Crippen LogP contribution is -2.45. The number of piperidine rings is 1. The Hall–Kier alpha value is -0.940. The molecule has 1 aromatic rings. The number of likely N-dealkylation sites (tertiary alicyclic amines) is 1. The predicted octanol–water partition coefficient (Wildman–Crippen LogP) is 2.36. The van der Waals surface area contributed by atoms with E-state index in [1.807, 2.05) is 0 Å². The normalized spacial score (nSPS) is 24.4. The highest BCUT2D eigenvalue weighted by Crippen LogP contribution is 2.43. The monoisotopic (exact) mass is 279 g/mol. The number of likely N-dealkylation sites (N-methyl/N-ethyl adjacent to an activating group) is 2. The molecule has 4 nitrogen and oxygen atoms in total. The van der Waals surface area contributed by atoms with E-state index in [9.17, 15) is 4.79 Å². The van der Waals surface area contributed by atoms with Crippen LogP contribution in [-0.4, -0.2) is 49.4 Å². The third kappa shape index (κ3) is 2.67. The second-order valence-electron chi connectivity index (χ2n) is 5.81. The number of thiazole rings is 1. The number of carbonyl (C=O) groups is 1. The Morgan fingerprint density at radius 3 is 2.84 bits per heavy atom. The summed E-state index contributed by atoms with van der Waals surface area (Å²) in [5, 5.41) is 1.02. The van der Waals surface area contributed by atoms with Crippen LogP contribution in [0.1, 0.15) is 47.0 Å². The summed E-state index contributed by atoms with van der Waals surface area (Å²) >= 11 is 1.56. The SMILES string of the molecule is CN1CCCC(N(C)c2nc(C3CC3)c(C=O)s2)C1. The van der Waals surface area contributed by atoms with Crippen LogP contribution in [0.5, 0.6) is 0 Å². The van der Waals surface area contributed by atoms with Crippen molar-refractivity contribution in [2.75, 3.05) is 32.1 Å². The fourth-order valence-electron chi connectivity index (χ4n) is 2.83. The van der Waals surface area contributed by atoms with Gasteiger partial charge >= 0.3 is 0 Å². The third-order valence-corrected chi connectivity index (χ3v) is 5.28. The number of anilines is 1. The van der Waals surface area contributed by atoms with Crippen LogP contribution in [0.2, 0.25) is 0 Å². The Kier molecular flexibility index (Phi) is 3.58. The Bertz CT molecular complexity index is 469. The molecule has 19 heavy (non-hydrogen) atoms. The summed E-state index contributed by atoms with van der Waals surface area (Å²) in [4.78, 5) is 21.4. The highest BCUT2D eigenvalue weighted by atomic mass is 32.1. The first-order chi connectivity index (χ1) is 9.19. The van der Waals surface area contributed by atoms with Gasteiger partial charge in [-0.25, -0.2) is 4.98 Å². The summed E-state index contributed by atoms with van der Waals surface area (Å²) in [6.07, 6.45) is 5.83. The van der Waals surface area contributed by atoms with Gasteiger partial charge in [-0.3, -0.25) is 4.79 Å². The number of hydrogen-bond acceptors (Lipinski definition) is 5. The van der Waals surface area contributed by atoms with Gasteiger partial charge in [0, 0.05) is 25.6 Å². The van der Waals surface area contributed by atoms with Crippen molar-refractivity contribution in [3.05, 3.63) is 10.6 Å². The van der Waals surface area contributed by atoms with Gasteiger partial charge in [-0.1, -0.05) is 11.3 Å². The molecule has 0 amide bonds. The van der Waals surface area contributed by atoms with Crippen molar-refractivity contribution >= 4 is 22.8 Å². The van der Waals surface area contributed by atoms with E-state index in [2.05, 4.69) is 23.9 Å². The van der Waals surface area contributed by atoms with Crippen LogP contribution < -0.4 is 4.90 Å². The van der Waals surface area contributed by atoms with Crippen molar-refractivity contribution in [1.29, 1.82) is 0 Å². The molecule has 5 heteroatoms.